The predicted molar refractivity (Wildman–Crippen MR) is 130 cm³/mol. The van der Waals surface area contributed by atoms with Crippen molar-refractivity contribution in [1.82, 2.24) is 9.21 Å². The topological polar surface area (TPSA) is 57.7 Å². The molecular formula is C24H25ClN2O3S2. The number of carbonyl (C=O) groups is 1. The summed E-state index contributed by atoms with van der Waals surface area (Å²) in [6.45, 7) is 6.22. The van der Waals surface area contributed by atoms with Crippen LogP contribution < -0.4 is 0 Å². The minimum Gasteiger partial charge on any atom is -0.332 e. The van der Waals surface area contributed by atoms with Gasteiger partial charge in [0.25, 0.3) is 0 Å². The summed E-state index contributed by atoms with van der Waals surface area (Å²) in [5.41, 5.74) is 0.977. The second-order valence-corrected chi connectivity index (χ2v) is 11.0. The van der Waals surface area contributed by atoms with Gasteiger partial charge in [-0.05, 0) is 48.9 Å². The lowest BCUT2D eigenvalue weighted by Gasteiger charge is -2.26. The van der Waals surface area contributed by atoms with Crippen LogP contribution in [0.5, 0.6) is 0 Å². The van der Waals surface area contributed by atoms with Crippen LogP contribution in [0.3, 0.4) is 0 Å². The van der Waals surface area contributed by atoms with Crippen molar-refractivity contribution in [2.45, 2.75) is 24.9 Å². The molecule has 5 nitrogen and oxygen atoms in total. The Bertz CT molecular complexity index is 1160. The zero-order valence-electron chi connectivity index (χ0n) is 17.8. The third kappa shape index (κ3) is 6.29. The van der Waals surface area contributed by atoms with Crippen molar-refractivity contribution in [1.29, 1.82) is 0 Å². The number of hydrogen-bond acceptors (Lipinski definition) is 4. The Morgan fingerprint density at radius 2 is 1.72 bits per heavy atom. The summed E-state index contributed by atoms with van der Waals surface area (Å²) in [5, 5.41) is 0.440. The second-order valence-electron chi connectivity index (χ2n) is 7.29. The number of benzene rings is 2. The fourth-order valence-corrected chi connectivity index (χ4v) is 5.58. The maximum atomic E-state index is 13.3. The third-order valence-corrected chi connectivity index (χ3v) is 7.87. The summed E-state index contributed by atoms with van der Waals surface area (Å²) in [6.07, 6.45) is 1.48. The van der Waals surface area contributed by atoms with E-state index in [4.69, 9.17) is 11.6 Å². The lowest BCUT2D eigenvalue weighted by molar-refractivity contribution is -0.132. The summed E-state index contributed by atoms with van der Waals surface area (Å²) in [5.74, 6) is -0.278. The van der Waals surface area contributed by atoms with E-state index in [1.807, 2.05) is 49.4 Å². The number of thiophene rings is 1. The molecule has 0 aliphatic carbocycles. The molecule has 0 aliphatic heterocycles. The average Bonchev–Trinajstić information content (AvgIpc) is 3.18. The number of amides is 1. The number of aryl methyl sites for hydroxylation is 1. The van der Waals surface area contributed by atoms with Gasteiger partial charge in [0.15, 0.2) is 0 Å². The molecule has 0 unspecified atom stereocenters. The molecule has 0 radical (unpaired) electrons. The highest BCUT2D eigenvalue weighted by atomic mass is 35.5. The van der Waals surface area contributed by atoms with Gasteiger partial charge in [-0.1, -0.05) is 48.0 Å². The van der Waals surface area contributed by atoms with Crippen molar-refractivity contribution in [3.05, 3.63) is 99.7 Å². The largest absolute Gasteiger partial charge is 0.332 e. The monoisotopic (exact) mass is 488 g/mol. The minimum absolute atomic E-state index is 0.0218. The number of rotatable bonds is 10. The fraction of sp³-hybridized carbons (Fsp3) is 0.208. The van der Waals surface area contributed by atoms with Crippen LogP contribution in [0.25, 0.3) is 0 Å². The Balaban J connectivity index is 1.85. The molecule has 1 amide bonds. The molecule has 32 heavy (non-hydrogen) atoms. The van der Waals surface area contributed by atoms with E-state index in [9.17, 15) is 13.2 Å². The van der Waals surface area contributed by atoms with Gasteiger partial charge in [0, 0.05) is 27.9 Å². The Labute approximate surface area is 198 Å². The molecule has 8 heteroatoms. The molecular weight excluding hydrogens is 464 g/mol. The number of carbonyl (C=O) groups excluding carboxylic acids is 1. The molecule has 1 heterocycles. The quantitative estimate of drug-likeness (QED) is 0.372. The molecule has 1 aromatic heterocycles. The van der Waals surface area contributed by atoms with Gasteiger partial charge >= 0.3 is 0 Å². The Morgan fingerprint density at radius 1 is 1.03 bits per heavy atom. The van der Waals surface area contributed by atoms with E-state index in [-0.39, 0.29) is 23.9 Å². The van der Waals surface area contributed by atoms with E-state index >= 15 is 0 Å². The van der Waals surface area contributed by atoms with Gasteiger partial charge in [0.1, 0.15) is 0 Å². The highest BCUT2D eigenvalue weighted by Crippen LogP contribution is 2.21. The second kappa shape index (κ2) is 10.9. The molecule has 0 saturated carbocycles. The molecule has 3 aromatic rings. The lowest BCUT2D eigenvalue weighted by atomic mass is 10.2. The van der Waals surface area contributed by atoms with Gasteiger partial charge in [-0.25, -0.2) is 8.42 Å². The molecule has 0 bridgehead atoms. The van der Waals surface area contributed by atoms with Crippen LogP contribution >= 0.6 is 22.9 Å². The van der Waals surface area contributed by atoms with Gasteiger partial charge in [0.05, 0.1) is 18.0 Å². The first kappa shape index (κ1) is 24.2. The van der Waals surface area contributed by atoms with Crippen molar-refractivity contribution >= 4 is 38.9 Å². The maximum absolute atomic E-state index is 13.3. The number of sulfonamides is 1. The Morgan fingerprint density at radius 3 is 2.31 bits per heavy atom. The standard InChI is InChI=1S/C24H25ClN2O3S2/c1-3-15-27(32(29,30)23-13-10-21(25)11-14-23)18-24(28)26(16-20-7-5-4-6-8-20)17-22-12-9-19(2)31-22/h3-14H,1,15-18H2,2H3. The first-order valence-electron chi connectivity index (χ1n) is 10.0. The maximum Gasteiger partial charge on any atom is 0.243 e. The van der Waals surface area contributed by atoms with Gasteiger partial charge in [-0.3, -0.25) is 4.79 Å². The Hall–Kier alpha value is -2.45. The van der Waals surface area contributed by atoms with E-state index < -0.39 is 10.0 Å². The summed E-state index contributed by atoms with van der Waals surface area (Å²) >= 11 is 7.52. The van der Waals surface area contributed by atoms with Crippen LogP contribution in [0.15, 0.2) is 84.3 Å². The van der Waals surface area contributed by atoms with Crippen molar-refractivity contribution < 1.29 is 13.2 Å². The molecule has 3 rings (SSSR count). The highest BCUT2D eigenvalue weighted by Gasteiger charge is 2.28. The summed E-state index contributed by atoms with van der Waals surface area (Å²) in [4.78, 5) is 17.3. The SMILES string of the molecule is C=CCN(CC(=O)N(Cc1ccccc1)Cc1ccc(C)s1)S(=O)(=O)c1ccc(Cl)cc1. The molecule has 2 aromatic carbocycles. The molecule has 0 atom stereocenters. The van der Waals surface area contributed by atoms with Crippen LogP contribution in [-0.2, 0) is 27.9 Å². The van der Waals surface area contributed by atoms with Crippen LogP contribution in [-0.4, -0.2) is 36.6 Å². The molecule has 0 N–H and O–H groups in total. The van der Waals surface area contributed by atoms with E-state index in [1.165, 1.54) is 30.3 Å². The summed E-state index contributed by atoms with van der Waals surface area (Å²) in [7, 11) is -3.89. The van der Waals surface area contributed by atoms with Crippen molar-refractivity contribution in [2.24, 2.45) is 0 Å². The number of nitrogens with zero attached hydrogens (tertiary/aromatic N) is 2. The van der Waals surface area contributed by atoms with Crippen LogP contribution in [0.1, 0.15) is 15.3 Å². The van der Waals surface area contributed by atoms with Gasteiger partial charge < -0.3 is 4.90 Å². The molecule has 0 saturated heterocycles. The van der Waals surface area contributed by atoms with Gasteiger partial charge in [0.2, 0.25) is 15.9 Å². The van der Waals surface area contributed by atoms with Crippen LogP contribution in [0.4, 0.5) is 0 Å². The van der Waals surface area contributed by atoms with Gasteiger partial charge in [-0.2, -0.15) is 4.31 Å². The van der Waals surface area contributed by atoms with Gasteiger partial charge in [-0.15, -0.1) is 17.9 Å². The van der Waals surface area contributed by atoms with E-state index in [0.29, 0.717) is 18.1 Å². The highest BCUT2D eigenvalue weighted by molar-refractivity contribution is 7.89. The molecule has 0 spiro atoms. The molecule has 168 valence electrons. The fourth-order valence-electron chi connectivity index (χ4n) is 3.19. The normalized spacial score (nSPS) is 11.5. The van der Waals surface area contributed by atoms with Crippen LogP contribution in [0, 0.1) is 6.92 Å². The molecule has 0 aliphatic rings. The van der Waals surface area contributed by atoms with Crippen LogP contribution in [0.2, 0.25) is 5.02 Å². The molecule has 0 fully saturated rings. The predicted octanol–water partition coefficient (Wildman–Crippen LogP) is 5.12. The summed E-state index contributed by atoms with van der Waals surface area (Å²) < 4.78 is 27.5. The smallest absolute Gasteiger partial charge is 0.243 e. The average molecular weight is 489 g/mol. The van der Waals surface area contributed by atoms with Crippen molar-refractivity contribution in [3.63, 3.8) is 0 Å². The van der Waals surface area contributed by atoms with E-state index in [1.54, 1.807) is 16.2 Å². The first-order valence-corrected chi connectivity index (χ1v) is 12.7. The Kier molecular flexibility index (Phi) is 8.26. The lowest BCUT2D eigenvalue weighted by Crippen LogP contribution is -2.42. The number of halogens is 1. The zero-order chi connectivity index (χ0) is 23.1. The van der Waals surface area contributed by atoms with Crippen molar-refractivity contribution in [3.8, 4) is 0 Å². The zero-order valence-corrected chi connectivity index (χ0v) is 20.2. The van der Waals surface area contributed by atoms with Crippen molar-refractivity contribution in [2.75, 3.05) is 13.1 Å². The van der Waals surface area contributed by atoms with E-state index in [0.717, 1.165) is 19.6 Å². The summed E-state index contributed by atoms with van der Waals surface area (Å²) in [6, 6.07) is 19.6. The number of hydrogen-bond donors (Lipinski definition) is 0. The minimum atomic E-state index is -3.89. The first-order chi connectivity index (χ1) is 15.3. The third-order valence-electron chi connectivity index (χ3n) is 4.81. The van der Waals surface area contributed by atoms with E-state index in [2.05, 4.69) is 6.58 Å².